The van der Waals surface area contributed by atoms with Gasteiger partial charge >= 0.3 is 0 Å². The normalized spacial score (nSPS) is 10.7. The summed E-state index contributed by atoms with van der Waals surface area (Å²) in [5, 5.41) is 6.51. The van der Waals surface area contributed by atoms with Gasteiger partial charge in [-0.2, -0.15) is 0 Å². The van der Waals surface area contributed by atoms with Crippen molar-refractivity contribution in [1.82, 2.24) is 10.5 Å². The molecule has 1 aromatic heterocycles. The van der Waals surface area contributed by atoms with Gasteiger partial charge in [0.2, 0.25) is 0 Å². The standard InChI is InChI=1S/C20H18F2N2O3/c1-12-18(13(2)27-24-12)11-26-19-6-4-3-5-17(19)20(25)23-10-14-7-15(21)9-16(22)8-14/h3-9H,10-11H2,1-2H3,(H,23,25). The Kier molecular flexibility index (Phi) is 5.49. The van der Waals surface area contributed by atoms with E-state index >= 15 is 0 Å². The zero-order valence-electron chi connectivity index (χ0n) is 14.9. The summed E-state index contributed by atoms with van der Waals surface area (Å²) in [5.74, 6) is -0.748. The van der Waals surface area contributed by atoms with Crippen LogP contribution in [0.15, 0.2) is 47.0 Å². The highest BCUT2D eigenvalue weighted by Crippen LogP contribution is 2.21. The molecule has 0 aliphatic carbocycles. The molecule has 27 heavy (non-hydrogen) atoms. The molecule has 0 saturated heterocycles. The van der Waals surface area contributed by atoms with Crippen molar-refractivity contribution in [2.75, 3.05) is 0 Å². The molecule has 1 heterocycles. The van der Waals surface area contributed by atoms with Crippen LogP contribution in [0.1, 0.15) is 32.9 Å². The Balaban J connectivity index is 1.70. The Hall–Kier alpha value is -3.22. The summed E-state index contributed by atoms with van der Waals surface area (Å²) in [6.45, 7) is 3.80. The van der Waals surface area contributed by atoms with Crippen molar-refractivity contribution in [3.63, 3.8) is 0 Å². The summed E-state index contributed by atoms with van der Waals surface area (Å²) in [6, 6.07) is 9.87. The molecule has 0 bridgehead atoms. The third kappa shape index (κ3) is 4.49. The zero-order valence-corrected chi connectivity index (χ0v) is 14.9. The Bertz CT molecular complexity index is 930. The minimum absolute atomic E-state index is 0.00822. The van der Waals surface area contributed by atoms with Crippen LogP contribution in [0.2, 0.25) is 0 Å². The Labute approximate surface area is 154 Å². The van der Waals surface area contributed by atoms with Crippen LogP contribution in [0.4, 0.5) is 8.78 Å². The van der Waals surface area contributed by atoms with Crippen molar-refractivity contribution in [2.45, 2.75) is 27.0 Å². The van der Waals surface area contributed by atoms with Crippen LogP contribution in [-0.4, -0.2) is 11.1 Å². The minimum atomic E-state index is -0.692. The number of hydrogen-bond donors (Lipinski definition) is 1. The lowest BCUT2D eigenvalue weighted by atomic mass is 10.1. The fourth-order valence-electron chi connectivity index (χ4n) is 2.63. The number of ether oxygens (including phenoxy) is 1. The van der Waals surface area contributed by atoms with Crippen LogP contribution in [-0.2, 0) is 13.2 Å². The molecule has 0 saturated carbocycles. The van der Waals surface area contributed by atoms with E-state index in [0.29, 0.717) is 22.6 Å². The van der Waals surface area contributed by atoms with E-state index in [9.17, 15) is 13.6 Å². The van der Waals surface area contributed by atoms with Crippen molar-refractivity contribution in [3.05, 3.63) is 82.2 Å². The molecule has 1 amide bonds. The van der Waals surface area contributed by atoms with Crippen LogP contribution in [0.3, 0.4) is 0 Å². The molecular formula is C20H18F2N2O3. The van der Waals surface area contributed by atoms with Crippen LogP contribution >= 0.6 is 0 Å². The van der Waals surface area contributed by atoms with E-state index in [1.165, 1.54) is 12.1 Å². The molecule has 5 nitrogen and oxygen atoms in total. The number of rotatable bonds is 6. The monoisotopic (exact) mass is 372 g/mol. The number of nitrogens with zero attached hydrogens (tertiary/aromatic N) is 1. The highest BCUT2D eigenvalue weighted by atomic mass is 19.1. The topological polar surface area (TPSA) is 64.4 Å². The SMILES string of the molecule is Cc1noc(C)c1COc1ccccc1C(=O)NCc1cc(F)cc(F)c1. The number of hydrogen-bond acceptors (Lipinski definition) is 4. The Morgan fingerprint density at radius 3 is 2.52 bits per heavy atom. The molecule has 0 unspecified atom stereocenters. The van der Waals surface area contributed by atoms with Crippen molar-refractivity contribution >= 4 is 5.91 Å². The first kappa shape index (κ1) is 18.6. The van der Waals surface area contributed by atoms with Gasteiger partial charge in [-0.3, -0.25) is 4.79 Å². The number of halogens is 2. The van der Waals surface area contributed by atoms with E-state index in [1.54, 1.807) is 31.2 Å². The average molecular weight is 372 g/mol. The molecule has 0 aliphatic heterocycles. The van der Waals surface area contributed by atoms with Gasteiger partial charge in [0.25, 0.3) is 5.91 Å². The quantitative estimate of drug-likeness (QED) is 0.708. The zero-order chi connectivity index (χ0) is 19.4. The molecule has 0 spiro atoms. The van der Waals surface area contributed by atoms with Gasteiger partial charge in [0.15, 0.2) is 0 Å². The lowest BCUT2D eigenvalue weighted by Crippen LogP contribution is -2.23. The predicted molar refractivity (Wildman–Crippen MR) is 94.3 cm³/mol. The molecule has 3 rings (SSSR count). The maximum atomic E-state index is 13.3. The van der Waals surface area contributed by atoms with Gasteiger partial charge in [-0.1, -0.05) is 17.3 Å². The maximum absolute atomic E-state index is 13.3. The maximum Gasteiger partial charge on any atom is 0.255 e. The van der Waals surface area contributed by atoms with E-state index in [1.807, 2.05) is 6.92 Å². The van der Waals surface area contributed by atoms with Crippen molar-refractivity contribution in [2.24, 2.45) is 0 Å². The van der Waals surface area contributed by atoms with Crippen molar-refractivity contribution in [3.8, 4) is 5.75 Å². The number of carbonyl (C=O) groups is 1. The average Bonchev–Trinajstić information content (AvgIpc) is 2.95. The van der Waals surface area contributed by atoms with Gasteiger partial charge < -0.3 is 14.6 Å². The molecular weight excluding hydrogens is 354 g/mol. The second kappa shape index (κ2) is 7.99. The van der Waals surface area contributed by atoms with E-state index in [-0.39, 0.29) is 13.2 Å². The molecule has 0 atom stereocenters. The van der Waals surface area contributed by atoms with Crippen LogP contribution < -0.4 is 10.1 Å². The molecule has 2 aromatic carbocycles. The van der Waals surface area contributed by atoms with E-state index in [0.717, 1.165) is 17.3 Å². The molecule has 7 heteroatoms. The molecule has 3 aromatic rings. The van der Waals surface area contributed by atoms with Crippen molar-refractivity contribution in [1.29, 1.82) is 0 Å². The molecule has 0 radical (unpaired) electrons. The molecule has 0 fully saturated rings. The van der Waals surface area contributed by atoms with Gasteiger partial charge in [-0.15, -0.1) is 0 Å². The summed E-state index contributed by atoms with van der Waals surface area (Å²) < 4.78 is 37.4. The minimum Gasteiger partial charge on any atom is -0.488 e. The second-order valence-corrected chi connectivity index (χ2v) is 6.05. The lowest BCUT2D eigenvalue weighted by Gasteiger charge is -2.12. The van der Waals surface area contributed by atoms with Crippen molar-refractivity contribution < 1.29 is 22.8 Å². The van der Waals surface area contributed by atoms with Gasteiger partial charge in [-0.25, -0.2) is 8.78 Å². The first-order chi connectivity index (χ1) is 12.9. The lowest BCUT2D eigenvalue weighted by molar-refractivity contribution is 0.0946. The fourth-order valence-corrected chi connectivity index (χ4v) is 2.63. The fraction of sp³-hybridized carbons (Fsp3) is 0.200. The number of benzene rings is 2. The third-order valence-corrected chi connectivity index (χ3v) is 4.06. The van der Waals surface area contributed by atoms with Crippen LogP contribution in [0.25, 0.3) is 0 Å². The Morgan fingerprint density at radius 2 is 1.85 bits per heavy atom. The number of aryl methyl sites for hydroxylation is 2. The Morgan fingerprint density at radius 1 is 1.15 bits per heavy atom. The smallest absolute Gasteiger partial charge is 0.255 e. The van der Waals surface area contributed by atoms with E-state index in [2.05, 4.69) is 10.5 Å². The molecule has 140 valence electrons. The van der Waals surface area contributed by atoms with Crippen LogP contribution in [0.5, 0.6) is 5.75 Å². The van der Waals surface area contributed by atoms with Gasteiger partial charge in [0.05, 0.1) is 16.8 Å². The number of carbonyl (C=O) groups excluding carboxylic acids is 1. The number of para-hydroxylation sites is 1. The predicted octanol–water partition coefficient (Wildman–Crippen LogP) is 4.08. The highest BCUT2D eigenvalue weighted by molar-refractivity contribution is 5.96. The van der Waals surface area contributed by atoms with E-state index < -0.39 is 17.5 Å². The number of amides is 1. The van der Waals surface area contributed by atoms with Gasteiger partial charge in [0, 0.05) is 12.6 Å². The molecule has 0 aliphatic rings. The summed E-state index contributed by atoms with van der Waals surface area (Å²) in [6.07, 6.45) is 0. The summed E-state index contributed by atoms with van der Waals surface area (Å²) >= 11 is 0. The second-order valence-electron chi connectivity index (χ2n) is 6.05. The first-order valence-corrected chi connectivity index (χ1v) is 8.31. The summed E-state index contributed by atoms with van der Waals surface area (Å²) in [4.78, 5) is 12.5. The van der Waals surface area contributed by atoms with Gasteiger partial charge in [0.1, 0.15) is 29.8 Å². The number of aromatic nitrogens is 1. The van der Waals surface area contributed by atoms with Gasteiger partial charge in [-0.05, 0) is 43.7 Å². The van der Waals surface area contributed by atoms with E-state index in [4.69, 9.17) is 9.26 Å². The third-order valence-electron chi connectivity index (χ3n) is 4.06. The van der Waals surface area contributed by atoms with Crippen LogP contribution in [0, 0.1) is 25.5 Å². The molecule has 1 N–H and O–H groups in total. The first-order valence-electron chi connectivity index (χ1n) is 8.31. The summed E-state index contributed by atoms with van der Waals surface area (Å²) in [7, 11) is 0. The largest absolute Gasteiger partial charge is 0.488 e. The number of nitrogens with one attached hydrogen (secondary N) is 1. The highest BCUT2D eigenvalue weighted by Gasteiger charge is 2.15. The summed E-state index contributed by atoms with van der Waals surface area (Å²) in [5.41, 5.74) is 2.19.